The molecule has 0 aliphatic heterocycles. The van der Waals surface area contributed by atoms with E-state index in [2.05, 4.69) is 18.8 Å². The Kier molecular flexibility index (Phi) is 2.62. The smallest absolute Gasteiger partial charge is 0.0192 e. The molecular weight excluding hydrogens is 194 g/mol. The Morgan fingerprint density at radius 3 is 2.06 bits per heavy atom. The van der Waals surface area contributed by atoms with Crippen LogP contribution < -0.4 is 5.32 Å². The van der Waals surface area contributed by atoms with Crippen molar-refractivity contribution in [3.8, 4) is 0 Å². The molecule has 0 saturated heterocycles. The van der Waals surface area contributed by atoms with Gasteiger partial charge >= 0.3 is 0 Å². The Morgan fingerprint density at radius 2 is 1.62 bits per heavy atom. The van der Waals surface area contributed by atoms with Gasteiger partial charge in [-0.3, -0.25) is 0 Å². The van der Waals surface area contributed by atoms with Gasteiger partial charge < -0.3 is 5.32 Å². The summed E-state index contributed by atoms with van der Waals surface area (Å²) in [6.45, 7) is 7.40. The second-order valence-corrected chi connectivity index (χ2v) is 6.65. The lowest BCUT2D eigenvalue weighted by atomic mass is 9.53. The standard InChI is InChI=1S/C15H25N/c1-3-11(2)10-16-15-7-12-4-13(8-15)6-14(5-12)9-15/h12-14,16H,2-10H2,1H3. The second kappa shape index (κ2) is 3.87. The molecule has 0 atom stereocenters. The molecule has 4 aliphatic carbocycles. The van der Waals surface area contributed by atoms with Gasteiger partial charge in [0.1, 0.15) is 0 Å². The van der Waals surface area contributed by atoms with Crippen LogP contribution in [0.4, 0.5) is 0 Å². The van der Waals surface area contributed by atoms with Crippen LogP contribution in [0.15, 0.2) is 12.2 Å². The minimum Gasteiger partial charge on any atom is -0.307 e. The maximum absolute atomic E-state index is 4.13. The third-order valence-electron chi connectivity index (χ3n) is 5.25. The fourth-order valence-corrected chi connectivity index (χ4v) is 4.76. The summed E-state index contributed by atoms with van der Waals surface area (Å²) < 4.78 is 0. The summed E-state index contributed by atoms with van der Waals surface area (Å²) in [5.74, 6) is 3.15. The molecule has 0 aromatic carbocycles. The average molecular weight is 219 g/mol. The first-order chi connectivity index (χ1) is 7.69. The Bertz CT molecular complexity index is 257. The maximum atomic E-state index is 4.13. The highest BCUT2D eigenvalue weighted by atomic mass is 15.0. The highest BCUT2D eigenvalue weighted by Crippen LogP contribution is 2.55. The molecule has 4 bridgehead atoms. The molecule has 0 spiro atoms. The fraction of sp³-hybridized carbons (Fsp3) is 0.867. The average Bonchev–Trinajstić information content (AvgIpc) is 2.24. The van der Waals surface area contributed by atoms with E-state index in [0.29, 0.717) is 5.54 Å². The van der Waals surface area contributed by atoms with Crippen LogP contribution in [0.1, 0.15) is 51.9 Å². The number of rotatable bonds is 4. The molecule has 0 unspecified atom stereocenters. The maximum Gasteiger partial charge on any atom is 0.0192 e. The monoisotopic (exact) mass is 219 g/mol. The van der Waals surface area contributed by atoms with Crippen molar-refractivity contribution in [2.45, 2.75) is 57.4 Å². The Labute approximate surface area is 99.7 Å². The highest BCUT2D eigenvalue weighted by molar-refractivity contribution is 5.08. The van der Waals surface area contributed by atoms with Crippen LogP contribution in [-0.4, -0.2) is 12.1 Å². The Hall–Kier alpha value is -0.300. The molecule has 4 fully saturated rings. The molecule has 0 aromatic heterocycles. The number of hydrogen-bond acceptors (Lipinski definition) is 1. The van der Waals surface area contributed by atoms with Crippen LogP contribution in [0.2, 0.25) is 0 Å². The highest BCUT2D eigenvalue weighted by Gasteiger charge is 2.50. The van der Waals surface area contributed by atoms with E-state index >= 15 is 0 Å². The van der Waals surface area contributed by atoms with Gasteiger partial charge in [-0.1, -0.05) is 19.1 Å². The van der Waals surface area contributed by atoms with Gasteiger partial charge in [0.2, 0.25) is 0 Å². The first-order valence-electron chi connectivity index (χ1n) is 7.11. The van der Waals surface area contributed by atoms with Crippen LogP contribution in [-0.2, 0) is 0 Å². The van der Waals surface area contributed by atoms with Crippen molar-refractivity contribution in [2.75, 3.05) is 6.54 Å². The van der Waals surface area contributed by atoms with Gasteiger partial charge in [-0.25, -0.2) is 0 Å². The van der Waals surface area contributed by atoms with Gasteiger partial charge in [0.25, 0.3) is 0 Å². The molecule has 1 nitrogen and oxygen atoms in total. The number of hydrogen-bond donors (Lipinski definition) is 1. The SMILES string of the molecule is C=C(CC)CNC12CC3CC(CC(C3)C1)C2. The summed E-state index contributed by atoms with van der Waals surface area (Å²) in [7, 11) is 0. The lowest BCUT2D eigenvalue weighted by Crippen LogP contribution is -2.58. The molecule has 0 radical (unpaired) electrons. The van der Waals surface area contributed by atoms with Crippen LogP contribution in [0, 0.1) is 17.8 Å². The lowest BCUT2D eigenvalue weighted by Gasteiger charge is -2.57. The van der Waals surface area contributed by atoms with Crippen molar-refractivity contribution in [1.82, 2.24) is 5.32 Å². The van der Waals surface area contributed by atoms with Gasteiger partial charge in [0, 0.05) is 12.1 Å². The molecule has 16 heavy (non-hydrogen) atoms. The third kappa shape index (κ3) is 1.84. The zero-order valence-electron chi connectivity index (χ0n) is 10.6. The van der Waals surface area contributed by atoms with Crippen molar-refractivity contribution in [2.24, 2.45) is 17.8 Å². The summed E-state index contributed by atoms with van der Waals surface area (Å²) in [5, 5.41) is 3.88. The zero-order valence-corrected chi connectivity index (χ0v) is 10.6. The molecule has 0 aromatic rings. The summed E-state index contributed by atoms with van der Waals surface area (Å²) in [4.78, 5) is 0. The predicted octanol–water partition coefficient (Wildman–Crippen LogP) is 3.51. The van der Waals surface area contributed by atoms with Gasteiger partial charge in [-0.2, -0.15) is 0 Å². The molecule has 4 rings (SSSR count). The van der Waals surface area contributed by atoms with E-state index in [0.717, 1.165) is 30.7 Å². The minimum atomic E-state index is 0.521. The van der Waals surface area contributed by atoms with Crippen molar-refractivity contribution in [3.63, 3.8) is 0 Å². The van der Waals surface area contributed by atoms with E-state index in [9.17, 15) is 0 Å². The predicted molar refractivity (Wildman–Crippen MR) is 68.3 cm³/mol. The largest absolute Gasteiger partial charge is 0.307 e. The summed E-state index contributed by atoms with van der Waals surface area (Å²) >= 11 is 0. The Morgan fingerprint density at radius 1 is 1.12 bits per heavy atom. The van der Waals surface area contributed by atoms with Crippen LogP contribution >= 0.6 is 0 Å². The molecule has 0 heterocycles. The summed E-state index contributed by atoms with van der Waals surface area (Å²) in [6, 6.07) is 0. The fourth-order valence-electron chi connectivity index (χ4n) is 4.76. The van der Waals surface area contributed by atoms with Gasteiger partial charge in [0.15, 0.2) is 0 Å². The first kappa shape index (κ1) is 10.8. The van der Waals surface area contributed by atoms with Gasteiger partial charge in [0.05, 0.1) is 0 Å². The van der Waals surface area contributed by atoms with E-state index in [1.165, 1.54) is 44.1 Å². The lowest BCUT2D eigenvalue weighted by molar-refractivity contribution is -0.0182. The van der Waals surface area contributed by atoms with E-state index in [1.807, 2.05) is 0 Å². The van der Waals surface area contributed by atoms with E-state index < -0.39 is 0 Å². The number of nitrogens with one attached hydrogen (secondary N) is 1. The van der Waals surface area contributed by atoms with Crippen molar-refractivity contribution < 1.29 is 0 Å². The quantitative estimate of drug-likeness (QED) is 0.713. The second-order valence-electron chi connectivity index (χ2n) is 6.65. The molecule has 1 N–H and O–H groups in total. The van der Waals surface area contributed by atoms with Crippen molar-refractivity contribution >= 4 is 0 Å². The first-order valence-corrected chi connectivity index (χ1v) is 7.11. The summed E-state index contributed by atoms with van der Waals surface area (Å²) in [5.41, 5.74) is 1.89. The molecule has 90 valence electrons. The molecule has 1 heteroatoms. The van der Waals surface area contributed by atoms with Crippen LogP contribution in [0.5, 0.6) is 0 Å². The Balaban J connectivity index is 1.67. The van der Waals surface area contributed by atoms with Crippen LogP contribution in [0.25, 0.3) is 0 Å². The molecule has 4 saturated carbocycles. The molecular formula is C15H25N. The molecule has 4 aliphatic rings. The van der Waals surface area contributed by atoms with E-state index in [1.54, 1.807) is 0 Å². The topological polar surface area (TPSA) is 12.0 Å². The van der Waals surface area contributed by atoms with Crippen LogP contribution in [0.3, 0.4) is 0 Å². The van der Waals surface area contributed by atoms with Gasteiger partial charge in [-0.05, 0) is 62.7 Å². The minimum absolute atomic E-state index is 0.521. The van der Waals surface area contributed by atoms with Crippen molar-refractivity contribution in [1.29, 1.82) is 0 Å². The van der Waals surface area contributed by atoms with E-state index in [-0.39, 0.29) is 0 Å². The zero-order chi connectivity index (χ0) is 11.2. The normalized spacial score (nSPS) is 44.9. The van der Waals surface area contributed by atoms with Gasteiger partial charge in [-0.15, -0.1) is 0 Å². The summed E-state index contributed by atoms with van der Waals surface area (Å²) in [6.07, 6.45) is 10.1. The van der Waals surface area contributed by atoms with E-state index in [4.69, 9.17) is 0 Å². The molecule has 0 amide bonds. The van der Waals surface area contributed by atoms with Crippen molar-refractivity contribution in [3.05, 3.63) is 12.2 Å². The third-order valence-corrected chi connectivity index (χ3v) is 5.25.